The summed E-state index contributed by atoms with van der Waals surface area (Å²) in [7, 11) is 0. The van der Waals surface area contributed by atoms with Crippen LogP contribution in [0.15, 0.2) is 54.1 Å². The molecule has 2 rings (SSSR count). The number of hydrogen-bond acceptors (Lipinski definition) is 2. The Morgan fingerprint density at radius 2 is 1.94 bits per heavy atom. The monoisotopic (exact) mass is 227 g/mol. The number of hydrogen-bond donors (Lipinski definition) is 0. The number of allylic oxidation sites excluding steroid dienone is 6. The summed E-state index contributed by atoms with van der Waals surface area (Å²) < 4.78 is 0. The van der Waals surface area contributed by atoms with Crippen LogP contribution in [0.5, 0.6) is 0 Å². The zero-order valence-electron chi connectivity index (χ0n) is 9.59. The van der Waals surface area contributed by atoms with Crippen molar-refractivity contribution in [1.29, 1.82) is 0 Å². The summed E-state index contributed by atoms with van der Waals surface area (Å²) in [5, 5.41) is 10.6. The molecule has 0 unspecified atom stereocenters. The van der Waals surface area contributed by atoms with Crippen LogP contribution >= 0.6 is 0 Å². The third kappa shape index (κ3) is 2.50. The molecular formula is C14H13NO2. The third-order valence-electron chi connectivity index (χ3n) is 2.88. The normalized spacial score (nSPS) is 17.0. The van der Waals surface area contributed by atoms with E-state index in [1.54, 1.807) is 24.3 Å². The van der Waals surface area contributed by atoms with E-state index in [4.69, 9.17) is 0 Å². The first kappa shape index (κ1) is 11.3. The molecule has 0 aromatic heterocycles. The van der Waals surface area contributed by atoms with Crippen LogP contribution in [0.3, 0.4) is 0 Å². The van der Waals surface area contributed by atoms with E-state index >= 15 is 0 Å². The van der Waals surface area contributed by atoms with Gasteiger partial charge in [0, 0.05) is 12.1 Å². The van der Waals surface area contributed by atoms with Crippen molar-refractivity contribution >= 4 is 11.3 Å². The molecule has 0 heterocycles. The van der Waals surface area contributed by atoms with Gasteiger partial charge in [-0.05, 0) is 42.2 Å². The first-order chi connectivity index (χ1) is 8.18. The molecule has 0 spiro atoms. The van der Waals surface area contributed by atoms with Crippen LogP contribution in [-0.4, -0.2) is 4.92 Å². The predicted octanol–water partition coefficient (Wildman–Crippen LogP) is 3.88. The largest absolute Gasteiger partial charge is 0.269 e. The summed E-state index contributed by atoms with van der Waals surface area (Å²) in [5.41, 5.74) is 3.58. The molecular weight excluding hydrogens is 214 g/mol. The number of benzene rings is 1. The van der Waals surface area contributed by atoms with Gasteiger partial charge >= 0.3 is 0 Å². The van der Waals surface area contributed by atoms with Crippen molar-refractivity contribution in [2.75, 3.05) is 0 Å². The molecule has 1 aliphatic carbocycles. The highest BCUT2D eigenvalue weighted by Crippen LogP contribution is 2.25. The fourth-order valence-electron chi connectivity index (χ4n) is 1.81. The van der Waals surface area contributed by atoms with Gasteiger partial charge in [-0.25, -0.2) is 0 Å². The molecule has 0 radical (unpaired) electrons. The number of nitro groups is 1. The van der Waals surface area contributed by atoms with Crippen molar-refractivity contribution in [2.45, 2.75) is 13.3 Å². The first-order valence-electron chi connectivity index (χ1n) is 5.46. The maximum atomic E-state index is 10.6. The fraction of sp³-hybridized carbons (Fsp3) is 0.143. The van der Waals surface area contributed by atoms with E-state index in [2.05, 4.69) is 12.2 Å². The second kappa shape index (κ2) is 4.78. The van der Waals surface area contributed by atoms with Gasteiger partial charge < -0.3 is 0 Å². The summed E-state index contributed by atoms with van der Waals surface area (Å²) in [6.07, 6.45) is 9.13. The minimum absolute atomic E-state index is 0.130. The smallest absolute Gasteiger partial charge is 0.258 e. The third-order valence-corrected chi connectivity index (χ3v) is 2.88. The molecule has 0 saturated carbocycles. The molecule has 0 saturated heterocycles. The van der Waals surface area contributed by atoms with Gasteiger partial charge in [-0.1, -0.05) is 24.3 Å². The molecule has 1 aromatic carbocycles. The van der Waals surface area contributed by atoms with E-state index in [0.717, 1.165) is 12.0 Å². The van der Waals surface area contributed by atoms with Crippen molar-refractivity contribution < 1.29 is 4.92 Å². The Balaban J connectivity index is 2.31. The van der Waals surface area contributed by atoms with Crippen molar-refractivity contribution in [3.05, 3.63) is 69.8 Å². The summed E-state index contributed by atoms with van der Waals surface area (Å²) in [4.78, 5) is 10.2. The topological polar surface area (TPSA) is 43.1 Å². The number of non-ortho nitro benzene ring substituents is 1. The van der Waals surface area contributed by atoms with Gasteiger partial charge in [-0.15, -0.1) is 0 Å². The first-order valence-corrected chi connectivity index (χ1v) is 5.46. The standard InChI is InChI=1S/C14H13NO2/c1-11(12-5-3-2-4-6-12)13-7-9-14(10-8-13)15(16)17/h2-5,7-10H,6H2,1H3. The summed E-state index contributed by atoms with van der Waals surface area (Å²) in [5.74, 6) is 0. The zero-order valence-corrected chi connectivity index (χ0v) is 9.59. The average Bonchev–Trinajstić information content (AvgIpc) is 2.39. The van der Waals surface area contributed by atoms with Crippen molar-refractivity contribution in [3.8, 4) is 0 Å². The molecule has 0 bridgehead atoms. The van der Waals surface area contributed by atoms with Crippen LogP contribution < -0.4 is 0 Å². The minimum atomic E-state index is -0.379. The van der Waals surface area contributed by atoms with E-state index in [0.29, 0.717) is 0 Å². The van der Waals surface area contributed by atoms with E-state index in [1.165, 1.54) is 11.1 Å². The maximum Gasteiger partial charge on any atom is 0.269 e. The van der Waals surface area contributed by atoms with Gasteiger partial charge in [0.2, 0.25) is 0 Å². The lowest BCUT2D eigenvalue weighted by Gasteiger charge is -2.09. The highest BCUT2D eigenvalue weighted by molar-refractivity contribution is 5.70. The van der Waals surface area contributed by atoms with Crippen LogP contribution in [-0.2, 0) is 0 Å². The van der Waals surface area contributed by atoms with E-state index in [1.807, 2.05) is 19.1 Å². The van der Waals surface area contributed by atoms with Gasteiger partial charge in [0.25, 0.3) is 5.69 Å². The second-order valence-corrected chi connectivity index (χ2v) is 3.95. The molecule has 1 aromatic rings. The fourth-order valence-corrected chi connectivity index (χ4v) is 1.81. The Labute approximate surface area is 99.9 Å². The number of nitrogens with zero attached hydrogens (tertiary/aromatic N) is 1. The minimum Gasteiger partial charge on any atom is -0.258 e. The average molecular weight is 227 g/mol. The molecule has 0 aliphatic heterocycles. The Kier molecular flexibility index (Phi) is 3.19. The molecule has 17 heavy (non-hydrogen) atoms. The van der Waals surface area contributed by atoms with Crippen LogP contribution in [0.2, 0.25) is 0 Å². The van der Waals surface area contributed by atoms with Gasteiger partial charge in [0.1, 0.15) is 0 Å². The Bertz CT molecular complexity index is 522. The Morgan fingerprint density at radius 3 is 2.47 bits per heavy atom. The van der Waals surface area contributed by atoms with Crippen LogP contribution in [0.1, 0.15) is 18.9 Å². The van der Waals surface area contributed by atoms with Crippen LogP contribution in [0.25, 0.3) is 5.57 Å². The second-order valence-electron chi connectivity index (χ2n) is 3.95. The van der Waals surface area contributed by atoms with Gasteiger partial charge in [-0.3, -0.25) is 10.1 Å². The Hall–Kier alpha value is -2.16. The highest BCUT2D eigenvalue weighted by atomic mass is 16.6. The lowest BCUT2D eigenvalue weighted by molar-refractivity contribution is -0.384. The highest BCUT2D eigenvalue weighted by Gasteiger charge is 2.07. The van der Waals surface area contributed by atoms with Gasteiger partial charge in [0.05, 0.1) is 4.92 Å². The van der Waals surface area contributed by atoms with E-state index in [9.17, 15) is 10.1 Å². The van der Waals surface area contributed by atoms with Crippen LogP contribution in [0.4, 0.5) is 5.69 Å². The zero-order chi connectivity index (χ0) is 12.3. The molecule has 3 nitrogen and oxygen atoms in total. The van der Waals surface area contributed by atoms with Crippen molar-refractivity contribution in [3.63, 3.8) is 0 Å². The number of rotatable bonds is 2. The molecule has 0 fully saturated rings. The molecule has 86 valence electrons. The van der Waals surface area contributed by atoms with E-state index in [-0.39, 0.29) is 10.6 Å². The van der Waals surface area contributed by atoms with Crippen molar-refractivity contribution in [2.24, 2.45) is 0 Å². The summed E-state index contributed by atoms with van der Waals surface area (Å²) >= 11 is 0. The molecule has 3 heteroatoms. The van der Waals surface area contributed by atoms with E-state index < -0.39 is 0 Å². The summed E-state index contributed by atoms with van der Waals surface area (Å²) in [6, 6.07) is 6.68. The van der Waals surface area contributed by atoms with Gasteiger partial charge in [0.15, 0.2) is 0 Å². The lowest BCUT2D eigenvalue weighted by atomic mass is 9.97. The Morgan fingerprint density at radius 1 is 1.24 bits per heavy atom. The predicted molar refractivity (Wildman–Crippen MR) is 68.6 cm³/mol. The molecule has 0 amide bonds. The van der Waals surface area contributed by atoms with Crippen LogP contribution in [0, 0.1) is 10.1 Å². The van der Waals surface area contributed by atoms with Gasteiger partial charge in [-0.2, -0.15) is 0 Å². The molecule has 1 aliphatic rings. The SMILES string of the molecule is CC(=C1C=CC=CC1)c1ccc([N+](=O)[O-])cc1. The van der Waals surface area contributed by atoms with Crippen molar-refractivity contribution in [1.82, 2.24) is 0 Å². The maximum absolute atomic E-state index is 10.6. The summed E-state index contributed by atoms with van der Waals surface area (Å²) in [6.45, 7) is 2.04. The molecule has 0 N–H and O–H groups in total. The molecule has 0 atom stereocenters. The quantitative estimate of drug-likeness (QED) is 0.568. The lowest BCUT2D eigenvalue weighted by Crippen LogP contribution is -1.90. The number of nitro benzene ring substituents is 1.